The Morgan fingerprint density at radius 1 is 1.07 bits per heavy atom. The molecule has 0 aliphatic heterocycles. The number of rotatable bonds is 9. The van der Waals surface area contributed by atoms with E-state index in [2.05, 4.69) is 20.2 Å². The van der Waals surface area contributed by atoms with E-state index in [9.17, 15) is 4.79 Å². The average Bonchev–Trinajstić information content (AvgIpc) is 2.70. The minimum Gasteiger partial charge on any atom is -0.324 e. The highest BCUT2D eigenvalue weighted by Crippen LogP contribution is 2.19. The highest BCUT2D eigenvalue weighted by Gasteiger charge is 2.07. The van der Waals surface area contributed by atoms with Gasteiger partial charge in [0.25, 0.3) is 0 Å². The molecule has 3 rings (SSSR count). The van der Waals surface area contributed by atoms with Gasteiger partial charge >= 0.3 is 0 Å². The van der Waals surface area contributed by atoms with Crippen LogP contribution in [0.1, 0.15) is 34.5 Å². The van der Waals surface area contributed by atoms with Crippen LogP contribution in [-0.4, -0.2) is 41.3 Å². The SMILES string of the molecule is CN(C)CCCC(=O)c1ccc(Nc2nccc(Cc3ccccc3Cl)n2)cc1. The second kappa shape index (κ2) is 10.1. The van der Waals surface area contributed by atoms with Crippen LogP contribution >= 0.6 is 11.6 Å². The number of nitrogens with one attached hydrogen (secondary N) is 1. The van der Waals surface area contributed by atoms with Crippen LogP contribution in [0.4, 0.5) is 11.6 Å². The first-order valence-corrected chi connectivity index (χ1v) is 9.99. The second-order valence-electron chi connectivity index (χ2n) is 7.17. The molecule has 0 aliphatic carbocycles. The number of hydrogen-bond acceptors (Lipinski definition) is 5. The standard InChI is InChI=1S/C23H25ClN4O/c1-28(2)15-5-8-22(29)17-9-11-19(12-10-17)26-23-25-14-13-20(27-23)16-18-6-3-4-7-21(18)24/h3-4,6-7,9-14H,5,8,15-16H2,1-2H3,(H,25,26,27). The highest BCUT2D eigenvalue weighted by molar-refractivity contribution is 6.31. The van der Waals surface area contributed by atoms with Crippen LogP contribution in [-0.2, 0) is 6.42 Å². The summed E-state index contributed by atoms with van der Waals surface area (Å²) in [4.78, 5) is 23.2. The van der Waals surface area contributed by atoms with Gasteiger partial charge in [0.15, 0.2) is 5.78 Å². The molecule has 0 atom stereocenters. The van der Waals surface area contributed by atoms with Gasteiger partial charge in [-0.05, 0) is 69.0 Å². The highest BCUT2D eigenvalue weighted by atomic mass is 35.5. The molecule has 0 unspecified atom stereocenters. The van der Waals surface area contributed by atoms with Crippen molar-refractivity contribution in [2.45, 2.75) is 19.3 Å². The topological polar surface area (TPSA) is 58.1 Å². The lowest BCUT2D eigenvalue weighted by Crippen LogP contribution is -2.14. The summed E-state index contributed by atoms with van der Waals surface area (Å²) in [6, 6.07) is 17.1. The van der Waals surface area contributed by atoms with Crippen LogP contribution < -0.4 is 5.32 Å². The number of aromatic nitrogens is 2. The maximum Gasteiger partial charge on any atom is 0.227 e. The summed E-state index contributed by atoms with van der Waals surface area (Å²) in [6.45, 7) is 0.910. The van der Waals surface area contributed by atoms with E-state index in [-0.39, 0.29) is 5.78 Å². The third-order valence-electron chi connectivity index (χ3n) is 4.51. The van der Waals surface area contributed by atoms with Gasteiger partial charge in [-0.15, -0.1) is 0 Å². The maximum atomic E-state index is 12.3. The number of nitrogens with zero attached hydrogens (tertiary/aromatic N) is 3. The third-order valence-corrected chi connectivity index (χ3v) is 4.88. The summed E-state index contributed by atoms with van der Waals surface area (Å²) in [6.07, 6.45) is 3.78. The van der Waals surface area contributed by atoms with Crippen molar-refractivity contribution < 1.29 is 4.79 Å². The number of benzene rings is 2. The first-order valence-electron chi connectivity index (χ1n) is 9.61. The molecule has 2 aromatic carbocycles. The van der Waals surface area contributed by atoms with E-state index in [0.717, 1.165) is 40.5 Å². The zero-order chi connectivity index (χ0) is 20.6. The fraction of sp³-hybridized carbons (Fsp3) is 0.261. The van der Waals surface area contributed by atoms with E-state index in [4.69, 9.17) is 11.6 Å². The van der Waals surface area contributed by atoms with E-state index < -0.39 is 0 Å². The summed E-state index contributed by atoms with van der Waals surface area (Å²) in [7, 11) is 4.02. The van der Waals surface area contributed by atoms with Gasteiger partial charge in [-0.2, -0.15) is 0 Å². The van der Waals surface area contributed by atoms with Crippen LogP contribution in [0.15, 0.2) is 60.8 Å². The smallest absolute Gasteiger partial charge is 0.227 e. The first kappa shape index (κ1) is 21.0. The Morgan fingerprint density at radius 2 is 1.83 bits per heavy atom. The van der Waals surface area contributed by atoms with Gasteiger partial charge < -0.3 is 10.2 Å². The van der Waals surface area contributed by atoms with Crippen molar-refractivity contribution in [3.8, 4) is 0 Å². The molecule has 6 heteroatoms. The quantitative estimate of drug-likeness (QED) is 0.505. The van der Waals surface area contributed by atoms with E-state index in [0.29, 0.717) is 18.8 Å². The predicted molar refractivity (Wildman–Crippen MR) is 118 cm³/mol. The molecule has 150 valence electrons. The van der Waals surface area contributed by atoms with Crippen LogP contribution in [0.5, 0.6) is 0 Å². The molecular weight excluding hydrogens is 384 g/mol. The molecule has 0 fully saturated rings. The molecule has 0 radical (unpaired) electrons. The Hall–Kier alpha value is -2.76. The lowest BCUT2D eigenvalue weighted by molar-refractivity contribution is 0.0977. The zero-order valence-electron chi connectivity index (χ0n) is 16.7. The Kier molecular flexibility index (Phi) is 7.33. The number of carbonyl (C=O) groups is 1. The number of halogens is 1. The molecule has 0 spiro atoms. The summed E-state index contributed by atoms with van der Waals surface area (Å²) in [5, 5.41) is 3.92. The van der Waals surface area contributed by atoms with Crippen molar-refractivity contribution >= 4 is 29.0 Å². The predicted octanol–water partition coefficient (Wildman–Crippen LogP) is 4.99. The van der Waals surface area contributed by atoms with Gasteiger partial charge in [0.1, 0.15) is 0 Å². The Balaban J connectivity index is 1.61. The van der Waals surface area contributed by atoms with E-state index in [1.54, 1.807) is 6.20 Å². The molecule has 0 aliphatic rings. The largest absolute Gasteiger partial charge is 0.324 e. The third kappa shape index (κ3) is 6.38. The fourth-order valence-corrected chi connectivity index (χ4v) is 3.16. The van der Waals surface area contributed by atoms with Crippen LogP contribution in [0.2, 0.25) is 5.02 Å². The Bertz CT molecular complexity index is 957. The molecule has 0 amide bonds. The van der Waals surface area contributed by atoms with Gasteiger partial charge in [0, 0.05) is 35.3 Å². The van der Waals surface area contributed by atoms with Crippen molar-refractivity contribution in [2.24, 2.45) is 0 Å². The van der Waals surface area contributed by atoms with Crippen LogP contribution in [0, 0.1) is 0 Å². The molecule has 29 heavy (non-hydrogen) atoms. The van der Waals surface area contributed by atoms with Crippen molar-refractivity contribution in [2.75, 3.05) is 26.0 Å². The number of ketones is 1. The summed E-state index contributed by atoms with van der Waals surface area (Å²) < 4.78 is 0. The normalized spacial score (nSPS) is 10.9. The van der Waals surface area contributed by atoms with Gasteiger partial charge in [-0.1, -0.05) is 29.8 Å². The maximum absolute atomic E-state index is 12.3. The van der Waals surface area contributed by atoms with Crippen LogP contribution in [0.25, 0.3) is 0 Å². The Labute approximate surface area is 176 Å². The van der Waals surface area contributed by atoms with Crippen molar-refractivity contribution in [1.82, 2.24) is 14.9 Å². The number of carbonyl (C=O) groups excluding carboxylic acids is 1. The fourth-order valence-electron chi connectivity index (χ4n) is 2.96. The average molecular weight is 409 g/mol. The van der Waals surface area contributed by atoms with Crippen molar-refractivity contribution in [3.05, 3.63) is 82.6 Å². The molecule has 0 saturated carbocycles. The number of anilines is 2. The lowest BCUT2D eigenvalue weighted by atomic mass is 10.1. The van der Waals surface area contributed by atoms with Gasteiger partial charge in [0.2, 0.25) is 5.95 Å². The van der Waals surface area contributed by atoms with E-state index >= 15 is 0 Å². The van der Waals surface area contributed by atoms with Crippen LogP contribution in [0.3, 0.4) is 0 Å². The molecule has 0 saturated heterocycles. The van der Waals surface area contributed by atoms with E-state index in [1.807, 2.05) is 68.7 Å². The molecule has 5 nitrogen and oxygen atoms in total. The molecule has 0 bridgehead atoms. The Morgan fingerprint density at radius 3 is 2.55 bits per heavy atom. The second-order valence-corrected chi connectivity index (χ2v) is 7.58. The molecule has 1 aromatic heterocycles. The summed E-state index contributed by atoms with van der Waals surface area (Å²) in [5.74, 6) is 0.677. The summed E-state index contributed by atoms with van der Waals surface area (Å²) >= 11 is 6.24. The number of Topliss-reactive ketones (excluding diaryl/α,β-unsaturated/α-hetero) is 1. The zero-order valence-corrected chi connectivity index (χ0v) is 17.5. The minimum atomic E-state index is 0.163. The lowest BCUT2D eigenvalue weighted by Gasteiger charge is -2.09. The van der Waals surface area contributed by atoms with Gasteiger partial charge in [-0.25, -0.2) is 9.97 Å². The molecule has 1 heterocycles. The summed E-state index contributed by atoms with van der Waals surface area (Å²) in [5.41, 5.74) is 3.46. The minimum absolute atomic E-state index is 0.163. The van der Waals surface area contributed by atoms with Crippen molar-refractivity contribution in [1.29, 1.82) is 0 Å². The number of hydrogen-bond donors (Lipinski definition) is 1. The molecule has 3 aromatic rings. The first-order chi connectivity index (χ1) is 14.0. The molecule has 1 N–H and O–H groups in total. The van der Waals surface area contributed by atoms with Gasteiger partial charge in [-0.3, -0.25) is 4.79 Å². The molecular formula is C23H25ClN4O. The monoisotopic (exact) mass is 408 g/mol. The van der Waals surface area contributed by atoms with Gasteiger partial charge in [0.05, 0.1) is 5.69 Å². The van der Waals surface area contributed by atoms with E-state index in [1.165, 1.54) is 0 Å². The van der Waals surface area contributed by atoms with Crippen molar-refractivity contribution in [3.63, 3.8) is 0 Å².